The highest BCUT2D eigenvalue weighted by Gasteiger charge is 2.35. The monoisotopic (exact) mass is 458 g/mol. The fourth-order valence-electron chi connectivity index (χ4n) is 4.46. The molecule has 2 aromatic carbocycles. The zero-order valence-electron chi connectivity index (χ0n) is 19.6. The van der Waals surface area contributed by atoms with Gasteiger partial charge in [0.05, 0.1) is 6.26 Å². The number of carbonyl (C=O) groups excluding carboxylic acids is 3. The molecule has 0 radical (unpaired) electrons. The molecule has 1 fully saturated rings. The van der Waals surface area contributed by atoms with Gasteiger partial charge in [0.2, 0.25) is 5.91 Å². The summed E-state index contributed by atoms with van der Waals surface area (Å²) in [7, 11) is 0. The Labute approximate surface area is 200 Å². The third-order valence-electron chi connectivity index (χ3n) is 6.41. The number of rotatable bonds is 8. The minimum atomic E-state index is -0.896. The molecule has 6 nitrogen and oxygen atoms in total. The molecule has 1 unspecified atom stereocenters. The third kappa shape index (κ3) is 5.11. The summed E-state index contributed by atoms with van der Waals surface area (Å²) in [6, 6.07) is 17.0. The molecule has 0 bridgehead atoms. The Kier molecular flexibility index (Phi) is 7.26. The van der Waals surface area contributed by atoms with Gasteiger partial charge in [-0.25, -0.2) is 0 Å². The van der Waals surface area contributed by atoms with E-state index in [4.69, 9.17) is 4.42 Å². The van der Waals surface area contributed by atoms with Crippen LogP contribution in [-0.2, 0) is 11.2 Å². The second-order valence-corrected chi connectivity index (χ2v) is 8.74. The van der Waals surface area contributed by atoms with Crippen molar-refractivity contribution in [3.63, 3.8) is 0 Å². The Hall–Kier alpha value is -3.67. The van der Waals surface area contributed by atoms with Crippen molar-refractivity contribution in [3.05, 3.63) is 89.4 Å². The molecule has 4 rings (SSSR count). The van der Waals surface area contributed by atoms with Crippen LogP contribution in [0.15, 0.2) is 71.3 Å². The van der Waals surface area contributed by atoms with Crippen LogP contribution >= 0.6 is 0 Å². The first-order valence-corrected chi connectivity index (χ1v) is 11.8. The van der Waals surface area contributed by atoms with Crippen molar-refractivity contribution in [3.8, 4) is 0 Å². The average Bonchev–Trinajstić information content (AvgIpc) is 3.57. The van der Waals surface area contributed by atoms with Crippen molar-refractivity contribution < 1.29 is 18.8 Å². The van der Waals surface area contributed by atoms with Crippen LogP contribution in [0.1, 0.15) is 77.6 Å². The molecular formula is C28H30N2O4. The zero-order chi connectivity index (χ0) is 24.1. The van der Waals surface area contributed by atoms with Gasteiger partial charge in [0.1, 0.15) is 6.04 Å². The number of ketones is 1. The van der Waals surface area contributed by atoms with Gasteiger partial charge in [-0.2, -0.15) is 0 Å². The van der Waals surface area contributed by atoms with E-state index in [0.29, 0.717) is 16.8 Å². The summed E-state index contributed by atoms with van der Waals surface area (Å²) >= 11 is 0. The third-order valence-corrected chi connectivity index (χ3v) is 6.41. The molecule has 3 aromatic rings. The molecular weight excluding hydrogens is 428 g/mol. The lowest BCUT2D eigenvalue weighted by Gasteiger charge is -2.32. The highest BCUT2D eigenvalue weighted by molar-refractivity contribution is 6.09. The minimum Gasteiger partial charge on any atom is -0.459 e. The molecule has 176 valence electrons. The summed E-state index contributed by atoms with van der Waals surface area (Å²) in [6.07, 6.45) is 6.36. The Balaban J connectivity index is 1.80. The number of aryl methyl sites for hydroxylation is 1. The summed E-state index contributed by atoms with van der Waals surface area (Å²) in [6.45, 7) is 3.57. The fraction of sp³-hybridized carbons (Fsp3) is 0.321. The maximum Gasteiger partial charge on any atom is 0.294 e. The topological polar surface area (TPSA) is 79.6 Å². The smallest absolute Gasteiger partial charge is 0.294 e. The normalized spacial score (nSPS) is 14.5. The van der Waals surface area contributed by atoms with Gasteiger partial charge >= 0.3 is 0 Å². The summed E-state index contributed by atoms with van der Waals surface area (Å²) in [4.78, 5) is 40.7. The molecule has 2 amide bonds. The molecule has 1 saturated carbocycles. The van der Waals surface area contributed by atoms with Gasteiger partial charge in [-0.3, -0.25) is 19.3 Å². The van der Waals surface area contributed by atoms with E-state index in [9.17, 15) is 14.4 Å². The predicted molar refractivity (Wildman–Crippen MR) is 131 cm³/mol. The number of hydrogen-bond donors (Lipinski definition) is 1. The van der Waals surface area contributed by atoms with Gasteiger partial charge in [0.15, 0.2) is 11.5 Å². The molecule has 0 aliphatic heterocycles. The van der Waals surface area contributed by atoms with Crippen LogP contribution in [0.25, 0.3) is 0 Å². The van der Waals surface area contributed by atoms with Crippen LogP contribution in [0, 0.1) is 0 Å². The van der Waals surface area contributed by atoms with Gasteiger partial charge in [0.25, 0.3) is 5.91 Å². The highest BCUT2D eigenvalue weighted by Crippen LogP contribution is 2.31. The van der Waals surface area contributed by atoms with Crippen LogP contribution < -0.4 is 10.2 Å². The average molecular weight is 459 g/mol. The van der Waals surface area contributed by atoms with E-state index in [1.807, 2.05) is 24.3 Å². The minimum absolute atomic E-state index is 0.0684. The van der Waals surface area contributed by atoms with Crippen molar-refractivity contribution >= 4 is 23.3 Å². The summed E-state index contributed by atoms with van der Waals surface area (Å²) in [5, 5.41) is 3.17. The molecule has 0 saturated heterocycles. The number of benzene rings is 2. The molecule has 6 heteroatoms. The standard InChI is InChI=1S/C28H30N2O4/c1-3-20-10-12-22(13-11-20)26(27(32)29-23-7-4-5-8-23)30(28(33)25-9-6-18-34-25)24-16-14-21(15-17-24)19(2)31/h6,9-18,23,26H,3-5,7-8H2,1-2H3,(H,29,32). The first-order chi connectivity index (χ1) is 16.5. The number of nitrogens with one attached hydrogen (secondary N) is 1. The van der Waals surface area contributed by atoms with Gasteiger partial charge in [-0.15, -0.1) is 0 Å². The van der Waals surface area contributed by atoms with Crippen LogP contribution in [-0.4, -0.2) is 23.6 Å². The van der Waals surface area contributed by atoms with E-state index in [-0.39, 0.29) is 23.5 Å². The van der Waals surface area contributed by atoms with Crippen LogP contribution in [0.2, 0.25) is 0 Å². The molecule has 1 aliphatic rings. The predicted octanol–water partition coefficient (Wildman–Crippen LogP) is 5.49. The van der Waals surface area contributed by atoms with Crippen molar-refractivity contribution in [1.29, 1.82) is 0 Å². The first-order valence-electron chi connectivity index (χ1n) is 11.8. The Morgan fingerprint density at radius 3 is 2.24 bits per heavy atom. The number of anilines is 1. The summed E-state index contributed by atoms with van der Waals surface area (Å²) in [5.41, 5.74) is 2.91. The van der Waals surface area contributed by atoms with Gasteiger partial charge in [-0.1, -0.05) is 44.0 Å². The Bertz CT molecular complexity index is 1130. The number of Topliss-reactive ketones (excluding diaryl/α,β-unsaturated/α-hetero) is 1. The van der Waals surface area contributed by atoms with Gasteiger partial charge in [0, 0.05) is 17.3 Å². The van der Waals surface area contributed by atoms with E-state index in [1.165, 1.54) is 18.1 Å². The van der Waals surface area contributed by atoms with Crippen molar-refractivity contribution in [2.45, 2.75) is 58.0 Å². The largest absolute Gasteiger partial charge is 0.459 e. The zero-order valence-corrected chi connectivity index (χ0v) is 19.6. The van der Waals surface area contributed by atoms with Gasteiger partial charge < -0.3 is 9.73 Å². The molecule has 1 N–H and O–H groups in total. The fourth-order valence-corrected chi connectivity index (χ4v) is 4.46. The SMILES string of the molecule is CCc1ccc(C(C(=O)NC2CCCC2)N(C(=O)c2ccco2)c2ccc(C(C)=O)cc2)cc1. The maximum absolute atomic E-state index is 13.7. The second-order valence-electron chi connectivity index (χ2n) is 8.74. The lowest BCUT2D eigenvalue weighted by molar-refractivity contribution is -0.123. The van der Waals surface area contributed by atoms with Crippen molar-refractivity contribution in [2.75, 3.05) is 4.90 Å². The summed E-state index contributed by atoms with van der Waals surface area (Å²) in [5.74, 6) is -0.584. The molecule has 0 spiro atoms. The second kappa shape index (κ2) is 10.5. The van der Waals surface area contributed by atoms with E-state index >= 15 is 0 Å². The molecule has 1 atom stereocenters. The molecule has 1 heterocycles. The number of carbonyl (C=O) groups is 3. The molecule has 1 aromatic heterocycles. The molecule has 1 aliphatic carbocycles. The van der Waals surface area contributed by atoms with Crippen LogP contribution in [0.4, 0.5) is 5.69 Å². The number of furan rings is 1. The Morgan fingerprint density at radius 1 is 1.00 bits per heavy atom. The van der Waals surface area contributed by atoms with Crippen LogP contribution in [0.3, 0.4) is 0 Å². The lowest BCUT2D eigenvalue weighted by Crippen LogP contribution is -2.46. The molecule has 34 heavy (non-hydrogen) atoms. The van der Waals surface area contributed by atoms with Crippen molar-refractivity contribution in [1.82, 2.24) is 5.32 Å². The highest BCUT2D eigenvalue weighted by atomic mass is 16.3. The van der Waals surface area contributed by atoms with E-state index in [0.717, 1.165) is 37.7 Å². The summed E-state index contributed by atoms with van der Waals surface area (Å²) < 4.78 is 5.42. The Morgan fingerprint density at radius 2 is 1.68 bits per heavy atom. The number of nitrogens with zero attached hydrogens (tertiary/aromatic N) is 1. The van der Waals surface area contributed by atoms with E-state index in [2.05, 4.69) is 12.2 Å². The number of hydrogen-bond acceptors (Lipinski definition) is 4. The lowest BCUT2D eigenvalue weighted by atomic mass is 9.99. The maximum atomic E-state index is 13.7. The first kappa shape index (κ1) is 23.5. The van der Waals surface area contributed by atoms with E-state index < -0.39 is 11.9 Å². The van der Waals surface area contributed by atoms with Crippen molar-refractivity contribution in [2.24, 2.45) is 0 Å². The van der Waals surface area contributed by atoms with E-state index in [1.54, 1.807) is 36.4 Å². The van der Waals surface area contributed by atoms with Crippen LogP contribution in [0.5, 0.6) is 0 Å². The van der Waals surface area contributed by atoms with Gasteiger partial charge in [-0.05, 0) is 73.7 Å². The number of amides is 2. The quantitative estimate of drug-likeness (QED) is 0.453.